The van der Waals surface area contributed by atoms with Crippen LogP contribution in [0.3, 0.4) is 0 Å². The number of hydrogen-bond acceptors (Lipinski definition) is 2. The molecule has 1 N–H and O–H groups in total. The predicted octanol–water partition coefficient (Wildman–Crippen LogP) is 2.56. The first-order valence-electron chi connectivity index (χ1n) is 5.93. The van der Waals surface area contributed by atoms with Crippen molar-refractivity contribution in [2.75, 3.05) is 0 Å². The van der Waals surface area contributed by atoms with Crippen LogP contribution in [0.5, 0.6) is 0 Å². The Morgan fingerprint density at radius 3 is 2.41 bits per heavy atom. The van der Waals surface area contributed by atoms with E-state index in [-0.39, 0.29) is 5.56 Å². The summed E-state index contributed by atoms with van der Waals surface area (Å²) in [5, 5.41) is 0. The quantitative estimate of drug-likeness (QED) is 0.877. The number of aromatic amines is 1. The monoisotopic (exact) mass is 228 g/mol. The fourth-order valence-electron chi connectivity index (χ4n) is 1.90. The Balaban J connectivity index is 2.65. The van der Waals surface area contributed by atoms with Crippen LogP contribution in [0, 0.1) is 0 Å². The van der Waals surface area contributed by atoms with Gasteiger partial charge in [0.2, 0.25) is 0 Å². The van der Waals surface area contributed by atoms with Crippen LogP contribution >= 0.6 is 0 Å². The lowest BCUT2D eigenvalue weighted by Gasteiger charge is -2.08. The van der Waals surface area contributed by atoms with E-state index in [4.69, 9.17) is 0 Å². The summed E-state index contributed by atoms with van der Waals surface area (Å²) in [5.41, 5.74) is 2.46. The second-order valence-corrected chi connectivity index (χ2v) is 3.91. The molecule has 0 aliphatic heterocycles. The smallest absolute Gasteiger partial charge is 0.259 e. The van der Waals surface area contributed by atoms with Gasteiger partial charge in [-0.25, -0.2) is 4.98 Å². The highest BCUT2D eigenvalue weighted by Crippen LogP contribution is 2.18. The van der Waals surface area contributed by atoms with Crippen LogP contribution in [0.2, 0.25) is 0 Å². The molecule has 0 amide bonds. The molecule has 0 spiro atoms. The summed E-state index contributed by atoms with van der Waals surface area (Å²) in [7, 11) is 0. The number of aromatic nitrogens is 2. The molecule has 0 unspecified atom stereocenters. The summed E-state index contributed by atoms with van der Waals surface area (Å²) in [5.74, 6) is 0.756. The van der Waals surface area contributed by atoms with Crippen molar-refractivity contribution in [3.05, 3.63) is 52.2 Å². The van der Waals surface area contributed by atoms with Crippen LogP contribution in [0.25, 0.3) is 11.1 Å². The van der Waals surface area contributed by atoms with Gasteiger partial charge in [-0.2, -0.15) is 0 Å². The van der Waals surface area contributed by atoms with Crippen LogP contribution in [-0.4, -0.2) is 9.97 Å². The molecule has 2 rings (SSSR count). The minimum absolute atomic E-state index is 0.0418. The number of aryl methyl sites for hydroxylation is 2. The zero-order valence-corrected chi connectivity index (χ0v) is 10.2. The lowest BCUT2D eigenvalue weighted by atomic mass is 10.0. The van der Waals surface area contributed by atoms with Crippen molar-refractivity contribution >= 4 is 0 Å². The maximum atomic E-state index is 12.1. The Morgan fingerprint density at radius 1 is 1.12 bits per heavy atom. The molecule has 0 saturated carbocycles. The molecule has 3 nitrogen and oxygen atoms in total. The molecule has 1 aromatic carbocycles. The topological polar surface area (TPSA) is 45.8 Å². The maximum Gasteiger partial charge on any atom is 0.259 e. The third-order valence-electron chi connectivity index (χ3n) is 2.78. The molecule has 2 aromatic rings. The molecule has 0 bridgehead atoms. The number of nitrogens with zero attached hydrogens (tertiary/aromatic N) is 1. The van der Waals surface area contributed by atoms with E-state index >= 15 is 0 Å². The zero-order valence-electron chi connectivity index (χ0n) is 10.2. The largest absolute Gasteiger partial charge is 0.310 e. The van der Waals surface area contributed by atoms with Crippen molar-refractivity contribution < 1.29 is 0 Å². The Morgan fingerprint density at radius 2 is 1.82 bits per heavy atom. The number of H-pyrrole nitrogens is 1. The van der Waals surface area contributed by atoms with Gasteiger partial charge >= 0.3 is 0 Å². The van der Waals surface area contributed by atoms with E-state index in [1.54, 1.807) is 0 Å². The van der Waals surface area contributed by atoms with Crippen molar-refractivity contribution in [1.82, 2.24) is 9.97 Å². The van der Waals surface area contributed by atoms with Gasteiger partial charge in [0.25, 0.3) is 5.56 Å². The van der Waals surface area contributed by atoms with Gasteiger partial charge in [-0.05, 0) is 12.0 Å². The minimum atomic E-state index is -0.0418. The van der Waals surface area contributed by atoms with Crippen LogP contribution in [0.4, 0.5) is 0 Å². The van der Waals surface area contributed by atoms with Crippen molar-refractivity contribution in [2.45, 2.75) is 26.7 Å². The molecule has 0 radical (unpaired) electrons. The molecule has 1 aromatic heterocycles. The fraction of sp³-hybridized carbons (Fsp3) is 0.286. The van der Waals surface area contributed by atoms with E-state index in [2.05, 4.69) is 9.97 Å². The summed E-state index contributed by atoms with van der Waals surface area (Å²) >= 11 is 0. The number of rotatable bonds is 3. The number of benzene rings is 1. The predicted molar refractivity (Wildman–Crippen MR) is 69.0 cm³/mol. The molecule has 0 fully saturated rings. The second-order valence-electron chi connectivity index (χ2n) is 3.91. The van der Waals surface area contributed by atoms with E-state index < -0.39 is 0 Å². The molecule has 0 atom stereocenters. The standard InChI is InChI=1S/C14H16N2O/c1-3-11-13(10-8-6-5-7-9-10)14(17)16-12(4-2)15-11/h5-9H,3-4H2,1-2H3,(H,15,16,17). The number of nitrogens with one attached hydrogen (secondary N) is 1. The van der Waals surface area contributed by atoms with Crippen LogP contribution in [-0.2, 0) is 12.8 Å². The Kier molecular flexibility index (Phi) is 3.38. The van der Waals surface area contributed by atoms with Crippen LogP contribution in [0.15, 0.2) is 35.1 Å². The summed E-state index contributed by atoms with van der Waals surface area (Å²) in [6.07, 6.45) is 1.51. The highest BCUT2D eigenvalue weighted by molar-refractivity contribution is 5.64. The van der Waals surface area contributed by atoms with Gasteiger partial charge in [-0.1, -0.05) is 44.2 Å². The normalized spacial score (nSPS) is 10.5. The zero-order chi connectivity index (χ0) is 12.3. The highest BCUT2D eigenvalue weighted by atomic mass is 16.1. The van der Waals surface area contributed by atoms with E-state index in [1.807, 2.05) is 44.2 Å². The summed E-state index contributed by atoms with van der Waals surface area (Å²) in [6.45, 7) is 4.01. The molecule has 0 saturated heterocycles. The molecule has 0 aliphatic carbocycles. The van der Waals surface area contributed by atoms with E-state index in [0.29, 0.717) is 5.56 Å². The SMILES string of the molecule is CCc1nc(CC)c(-c2ccccc2)c(=O)[nH]1. The van der Waals surface area contributed by atoms with Crippen molar-refractivity contribution in [1.29, 1.82) is 0 Å². The first-order chi connectivity index (χ1) is 8.26. The second kappa shape index (κ2) is 4.95. The van der Waals surface area contributed by atoms with Crippen molar-refractivity contribution in [2.24, 2.45) is 0 Å². The molecule has 17 heavy (non-hydrogen) atoms. The fourth-order valence-corrected chi connectivity index (χ4v) is 1.90. The summed E-state index contributed by atoms with van der Waals surface area (Å²) in [4.78, 5) is 19.4. The third-order valence-corrected chi connectivity index (χ3v) is 2.78. The van der Waals surface area contributed by atoms with Crippen molar-refractivity contribution in [3.8, 4) is 11.1 Å². The highest BCUT2D eigenvalue weighted by Gasteiger charge is 2.11. The average molecular weight is 228 g/mol. The Labute approximate surface area is 101 Å². The van der Waals surface area contributed by atoms with Gasteiger partial charge < -0.3 is 4.98 Å². The number of hydrogen-bond donors (Lipinski definition) is 1. The molecular formula is C14H16N2O. The third kappa shape index (κ3) is 2.28. The van der Waals surface area contributed by atoms with Gasteiger partial charge in [0.15, 0.2) is 0 Å². The summed E-state index contributed by atoms with van der Waals surface area (Å²) in [6, 6.07) is 9.69. The molecule has 88 valence electrons. The molecular weight excluding hydrogens is 212 g/mol. The Hall–Kier alpha value is -1.90. The van der Waals surface area contributed by atoms with Gasteiger partial charge in [-0.15, -0.1) is 0 Å². The molecule has 0 aliphatic rings. The van der Waals surface area contributed by atoms with E-state index in [1.165, 1.54) is 0 Å². The van der Waals surface area contributed by atoms with Gasteiger partial charge in [0, 0.05) is 6.42 Å². The minimum Gasteiger partial charge on any atom is -0.310 e. The average Bonchev–Trinajstić information content (AvgIpc) is 2.38. The molecule has 3 heteroatoms. The van der Waals surface area contributed by atoms with E-state index in [9.17, 15) is 4.79 Å². The van der Waals surface area contributed by atoms with E-state index in [0.717, 1.165) is 29.9 Å². The van der Waals surface area contributed by atoms with Gasteiger partial charge in [0.1, 0.15) is 5.82 Å². The van der Waals surface area contributed by atoms with Crippen LogP contribution in [0.1, 0.15) is 25.4 Å². The van der Waals surface area contributed by atoms with Crippen LogP contribution < -0.4 is 5.56 Å². The molecule has 1 heterocycles. The van der Waals surface area contributed by atoms with Crippen molar-refractivity contribution in [3.63, 3.8) is 0 Å². The first-order valence-corrected chi connectivity index (χ1v) is 5.93. The lowest BCUT2D eigenvalue weighted by molar-refractivity contribution is 0.875. The first kappa shape index (κ1) is 11.6. The van der Waals surface area contributed by atoms with Gasteiger partial charge in [-0.3, -0.25) is 4.79 Å². The summed E-state index contributed by atoms with van der Waals surface area (Å²) < 4.78 is 0. The van der Waals surface area contributed by atoms with Gasteiger partial charge in [0.05, 0.1) is 11.3 Å². The Bertz CT molecular complexity index is 558. The lowest BCUT2D eigenvalue weighted by Crippen LogP contribution is -2.16. The maximum absolute atomic E-state index is 12.1.